The van der Waals surface area contributed by atoms with E-state index in [0.29, 0.717) is 31.5 Å². The van der Waals surface area contributed by atoms with Gasteiger partial charge in [0, 0.05) is 22.7 Å². The van der Waals surface area contributed by atoms with Gasteiger partial charge < -0.3 is 10.1 Å². The molecule has 8 heteroatoms. The topological polar surface area (TPSA) is 47.3 Å². The second kappa shape index (κ2) is 9.82. The summed E-state index contributed by atoms with van der Waals surface area (Å²) in [6.45, 7) is 2.97. The lowest BCUT2D eigenvalue weighted by atomic mass is 10.2. The van der Waals surface area contributed by atoms with E-state index < -0.39 is 0 Å². The quantitative estimate of drug-likeness (QED) is 0.292. The van der Waals surface area contributed by atoms with Crippen molar-refractivity contribution in [3.05, 3.63) is 62.6 Å². The van der Waals surface area contributed by atoms with Crippen molar-refractivity contribution in [2.24, 2.45) is 0 Å². The molecule has 0 saturated carbocycles. The lowest BCUT2D eigenvalue weighted by Crippen LogP contribution is -2.82. The maximum atomic E-state index is 6.16. The van der Waals surface area contributed by atoms with Gasteiger partial charge in [0.05, 0.1) is 10.0 Å². The lowest BCUT2D eigenvalue weighted by molar-refractivity contribution is -0.500. The number of nitrogens with one attached hydrogen (secondary N) is 3. The zero-order valence-electron chi connectivity index (χ0n) is 13.4. The van der Waals surface area contributed by atoms with Crippen LogP contribution in [0.15, 0.2) is 36.4 Å². The number of hydrogen-bond acceptors (Lipinski definition) is 2. The first-order valence-electron chi connectivity index (χ1n) is 7.49. The molecule has 0 aliphatic carbocycles. The number of hydrazine groups is 1. The van der Waals surface area contributed by atoms with Crippen LogP contribution >= 0.6 is 47.0 Å². The Morgan fingerprint density at radius 3 is 2.48 bits per heavy atom. The van der Waals surface area contributed by atoms with Crippen molar-refractivity contribution in [2.45, 2.75) is 13.5 Å². The van der Waals surface area contributed by atoms with Crippen LogP contribution in [0, 0.1) is 0 Å². The summed E-state index contributed by atoms with van der Waals surface area (Å²) in [4.78, 5) is 0. The molecule has 0 saturated heterocycles. The van der Waals surface area contributed by atoms with Gasteiger partial charge >= 0.3 is 0 Å². The highest BCUT2D eigenvalue weighted by Gasteiger charge is 2.10. The average molecular weight is 418 g/mol. The van der Waals surface area contributed by atoms with Crippen LogP contribution in [-0.2, 0) is 6.61 Å². The van der Waals surface area contributed by atoms with Crippen LogP contribution in [0.25, 0.3) is 0 Å². The summed E-state index contributed by atoms with van der Waals surface area (Å²) >= 11 is 23.3. The zero-order valence-corrected chi connectivity index (χ0v) is 16.5. The van der Waals surface area contributed by atoms with Crippen LogP contribution in [0.2, 0.25) is 15.1 Å². The first-order valence-corrected chi connectivity index (χ1v) is 9.03. The maximum Gasteiger partial charge on any atom is 0.223 e. The Morgan fingerprint density at radius 1 is 1.12 bits per heavy atom. The largest absolute Gasteiger partial charge is 0.489 e. The minimum atomic E-state index is 0.234. The molecule has 0 aliphatic heterocycles. The van der Waals surface area contributed by atoms with Crippen LogP contribution in [0.4, 0.5) is 0 Å². The standard InChI is InChI=1S/C17H16Cl3N3OS/c1-2-21-17(25)23-22-9-11-3-5-12(6-4-11)24-10-13-14(18)7-8-15(19)16(13)20/h3-9H,2,10H2,1H3,(H2,21,23,25)/p+1. The molecule has 2 aromatic carbocycles. The van der Waals surface area contributed by atoms with E-state index in [0.717, 1.165) is 12.1 Å². The van der Waals surface area contributed by atoms with Crippen LogP contribution in [-0.4, -0.2) is 17.9 Å². The molecule has 0 unspecified atom stereocenters. The summed E-state index contributed by atoms with van der Waals surface area (Å²) in [6, 6.07) is 10.9. The fourth-order valence-corrected chi connectivity index (χ4v) is 2.77. The Bertz CT molecular complexity index is 766. The Kier molecular flexibility index (Phi) is 7.78. The average Bonchev–Trinajstić information content (AvgIpc) is 2.60. The molecule has 0 spiro atoms. The number of hydrazone groups is 1. The first-order chi connectivity index (χ1) is 12.0. The SMILES string of the molecule is CCNC(=S)N[NH+]=Cc1ccc(OCc2c(Cl)ccc(Cl)c2Cl)cc1. The molecule has 0 amide bonds. The van der Waals surface area contributed by atoms with Gasteiger partial charge in [-0.3, -0.25) is 0 Å². The molecule has 4 nitrogen and oxygen atoms in total. The van der Waals surface area contributed by atoms with E-state index in [1.807, 2.05) is 31.2 Å². The number of halogens is 3. The fourth-order valence-electron chi connectivity index (χ4n) is 1.91. The van der Waals surface area contributed by atoms with Gasteiger partial charge in [-0.1, -0.05) is 34.8 Å². The summed E-state index contributed by atoms with van der Waals surface area (Å²) in [5, 5.41) is 7.80. The third-order valence-electron chi connectivity index (χ3n) is 3.16. The minimum Gasteiger partial charge on any atom is -0.489 e. The van der Waals surface area contributed by atoms with Crippen molar-refractivity contribution in [1.82, 2.24) is 10.7 Å². The third-order valence-corrected chi connectivity index (χ3v) is 4.61. The predicted octanol–water partition coefficient (Wildman–Crippen LogP) is 3.12. The highest BCUT2D eigenvalue weighted by atomic mass is 35.5. The Hall–Kier alpha value is -1.53. The van der Waals surface area contributed by atoms with Gasteiger partial charge in [0.2, 0.25) is 5.11 Å². The molecule has 0 atom stereocenters. The van der Waals surface area contributed by atoms with Gasteiger partial charge in [0.1, 0.15) is 12.4 Å². The summed E-state index contributed by atoms with van der Waals surface area (Å²) in [5.41, 5.74) is 4.47. The minimum absolute atomic E-state index is 0.234. The Morgan fingerprint density at radius 2 is 1.80 bits per heavy atom. The summed E-state index contributed by atoms with van der Waals surface area (Å²) in [5.74, 6) is 0.695. The second-order valence-corrected chi connectivity index (χ2v) is 6.55. The Balaban J connectivity index is 1.94. The highest BCUT2D eigenvalue weighted by molar-refractivity contribution is 7.80. The van der Waals surface area contributed by atoms with Gasteiger partial charge in [-0.25, -0.2) is 0 Å². The maximum absolute atomic E-state index is 6.16. The van der Waals surface area contributed by atoms with Gasteiger partial charge in [0.25, 0.3) is 0 Å². The number of benzene rings is 2. The Labute approximate surface area is 167 Å². The number of hydrogen-bond donors (Lipinski definition) is 3. The number of ether oxygens (including phenoxy) is 1. The predicted molar refractivity (Wildman–Crippen MR) is 108 cm³/mol. The lowest BCUT2D eigenvalue weighted by Gasteiger charge is -2.10. The van der Waals surface area contributed by atoms with Gasteiger partial charge in [-0.2, -0.15) is 0 Å². The first kappa shape index (κ1) is 19.8. The van der Waals surface area contributed by atoms with Crippen LogP contribution < -0.4 is 20.6 Å². The summed E-state index contributed by atoms with van der Waals surface area (Å²) in [7, 11) is 0. The molecule has 2 aromatic rings. The molecule has 0 aliphatic rings. The molecule has 132 valence electrons. The second-order valence-electron chi connectivity index (χ2n) is 4.95. The van der Waals surface area contributed by atoms with E-state index in [-0.39, 0.29) is 6.61 Å². The van der Waals surface area contributed by atoms with Crippen LogP contribution in [0.1, 0.15) is 18.1 Å². The van der Waals surface area contributed by atoms with Gasteiger partial charge in [-0.15, -0.1) is 10.5 Å². The molecule has 0 bridgehead atoms. The van der Waals surface area contributed by atoms with Crippen LogP contribution in [0.3, 0.4) is 0 Å². The van der Waals surface area contributed by atoms with E-state index in [2.05, 4.69) is 15.8 Å². The van der Waals surface area contributed by atoms with E-state index in [1.165, 1.54) is 0 Å². The molecule has 0 aromatic heterocycles. The number of rotatable bonds is 6. The van der Waals surface area contributed by atoms with E-state index >= 15 is 0 Å². The monoisotopic (exact) mass is 416 g/mol. The van der Waals surface area contributed by atoms with Crippen molar-refractivity contribution >= 4 is 58.3 Å². The van der Waals surface area contributed by atoms with E-state index in [9.17, 15) is 0 Å². The van der Waals surface area contributed by atoms with Gasteiger partial charge in [-0.05, 0) is 55.5 Å². The third kappa shape index (κ3) is 6.04. The van der Waals surface area contributed by atoms with Crippen molar-refractivity contribution in [1.29, 1.82) is 0 Å². The van der Waals surface area contributed by atoms with Crippen molar-refractivity contribution in [2.75, 3.05) is 6.54 Å². The molecule has 0 radical (unpaired) electrons. The smallest absolute Gasteiger partial charge is 0.223 e. The van der Waals surface area contributed by atoms with E-state index in [4.69, 9.17) is 51.8 Å². The van der Waals surface area contributed by atoms with Crippen molar-refractivity contribution < 1.29 is 9.84 Å². The summed E-state index contributed by atoms with van der Waals surface area (Å²) in [6.07, 6.45) is 1.79. The highest BCUT2D eigenvalue weighted by Crippen LogP contribution is 2.32. The van der Waals surface area contributed by atoms with E-state index in [1.54, 1.807) is 18.3 Å². The fraction of sp³-hybridized carbons (Fsp3) is 0.176. The molecule has 0 fully saturated rings. The normalized spacial score (nSPS) is 10.7. The summed E-state index contributed by atoms with van der Waals surface area (Å²) < 4.78 is 5.73. The molecule has 0 heterocycles. The molecular formula is C17H17Cl3N3OS+. The van der Waals surface area contributed by atoms with Crippen molar-refractivity contribution in [3.63, 3.8) is 0 Å². The molecule has 25 heavy (non-hydrogen) atoms. The molecular weight excluding hydrogens is 401 g/mol. The zero-order chi connectivity index (χ0) is 18.2. The molecule has 3 N–H and O–H groups in total. The van der Waals surface area contributed by atoms with Crippen molar-refractivity contribution in [3.8, 4) is 5.75 Å². The number of thiocarbonyl (C=S) groups is 1. The van der Waals surface area contributed by atoms with Crippen LogP contribution in [0.5, 0.6) is 5.75 Å². The molecule has 2 rings (SSSR count). The van der Waals surface area contributed by atoms with Gasteiger partial charge in [0.15, 0.2) is 6.21 Å².